The molecule has 0 saturated carbocycles. The second-order valence-electron chi connectivity index (χ2n) is 5.98. The van der Waals surface area contributed by atoms with Crippen LogP contribution in [0.1, 0.15) is 16.7 Å². The average molecular weight is 412 g/mol. The smallest absolute Gasteiger partial charge is 0.270 e. The van der Waals surface area contributed by atoms with Crippen LogP contribution in [0.3, 0.4) is 0 Å². The molecular weight excluding hydrogens is 398 g/mol. The lowest BCUT2D eigenvalue weighted by molar-refractivity contribution is -0.0160. The zero-order valence-electron chi connectivity index (χ0n) is 14.6. The van der Waals surface area contributed by atoms with E-state index in [1.54, 1.807) is 6.07 Å². The Kier molecular flexibility index (Phi) is 5.35. The number of nitrogens with one attached hydrogen (secondary N) is 1. The first-order valence-corrected chi connectivity index (χ1v) is 9.77. The van der Waals surface area contributed by atoms with E-state index in [2.05, 4.69) is 9.97 Å². The second kappa shape index (κ2) is 8.07. The summed E-state index contributed by atoms with van der Waals surface area (Å²) < 4.78 is 10.9. The summed E-state index contributed by atoms with van der Waals surface area (Å²) in [6.07, 6.45) is 0. The Morgan fingerprint density at radius 3 is 2.93 bits per heavy atom. The van der Waals surface area contributed by atoms with E-state index in [0.717, 1.165) is 11.1 Å². The Bertz CT molecular complexity index is 1140. The molecule has 4 rings (SSSR count). The minimum absolute atomic E-state index is 0.0407. The summed E-state index contributed by atoms with van der Waals surface area (Å²) in [5, 5.41) is 10.6. The molecule has 8 heteroatoms. The fourth-order valence-electron chi connectivity index (χ4n) is 2.90. The van der Waals surface area contributed by atoms with Crippen LogP contribution < -0.4 is 10.3 Å². The molecule has 1 aromatic heterocycles. The monoisotopic (exact) mass is 411 g/mol. The second-order valence-corrected chi connectivity index (χ2v) is 7.35. The summed E-state index contributed by atoms with van der Waals surface area (Å²) in [5.74, 6) is 1.20. The third kappa shape index (κ3) is 3.62. The molecule has 0 radical (unpaired) electrons. The molecule has 0 fully saturated rings. The van der Waals surface area contributed by atoms with Gasteiger partial charge in [0.15, 0.2) is 11.9 Å². The highest BCUT2D eigenvalue weighted by Gasteiger charge is 2.21. The van der Waals surface area contributed by atoms with E-state index in [1.165, 1.54) is 11.8 Å². The first kappa shape index (κ1) is 18.6. The summed E-state index contributed by atoms with van der Waals surface area (Å²) in [7, 11) is 0. The topological polar surface area (TPSA) is 88.0 Å². The van der Waals surface area contributed by atoms with E-state index in [-0.39, 0.29) is 12.4 Å². The minimum Gasteiger partial charge on any atom is -0.467 e. The van der Waals surface area contributed by atoms with Crippen molar-refractivity contribution in [2.45, 2.75) is 17.5 Å². The largest absolute Gasteiger partial charge is 0.467 e. The molecule has 28 heavy (non-hydrogen) atoms. The molecular formula is C20H14ClN3O3S. The number of H-pyrrole nitrogens is 1. The highest BCUT2D eigenvalue weighted by molar-refractivity contribution is 7.98. The SMILES string of the molecule is N#Cc1c(-c2cccc3c2COCO3)nc(SCc2ccccc2Cl)[nH]c1=O. The molecule has 0 amide bonds. The lowest BCUT2D eigenvalue weighted by Gasteiger charge is -2.20. The minimum atomic E-state index is -0.482. The van der Waals surface area contributed by atoms with E-state index in [4.69, 9.17) is 21.1 Å². The van der Waals surface area contributed by atoms with Gasteiger partial charge in [0.2, 0.25) is 0 Å². The Morgan fingerprint density at radius 1 is 1.25 bits per heavy atom. The number of thioether (sulfide) groups is 1. The van der Waals surface area contributed by atoms with Gasteiger partial charge in [0, 0.05) is 21.9 Å². The number of fused-ring (bicyclic) bond motifs is 1. The zero-order chi connectivity index (χ0) is 19.5. The van der Waals surface area contributed by atoms with Gasteiger partial charge in [-0.1, -0.05) is 53.7 Å². The van der Waals surface area contributed by atoms with Crippen molar-refractivity contribution in [3.63, 3.8) is 0 Å². The predicted molar refractivity (Wildman–Crippen MR) is 106 cm³/mol. The Hall–Kier alpha value is -2.79. The van der Waals surface area contributed by atoms with Gasteiger partial charge < -0.3 is 14.5 Å². The predicted octanol–water partition coefficient (Wildman–Crippen LogP) is 4.12. The molecule has 0 atom stereocenters. The van der Waals surface area contributed by atoms with Crippen LogP contribution in [0, 0.1) is 11.3 Å². The van der Waals surface area contributed by atoms with E-state index >= 15 is 0 Å². The number of benzene rings is 2. The molecule has 0 spiro atoms. The molecule has 2 aromatic carbocycles. The van der Waals surface area contributed by atoms with Crippen molar-refractivity contribution >= 4 is 23.4 Å². The van der Waals surface area contributed by atoms with Crippen molar-refractivity contribution in [2.24, 2.45) is 0 Å². The Labute approximate surface area is 170 Å². The lowest BCUT2D eigenvalue weighted by Crippen LogP contribution is -2.17. The van der Waals surface area contributed by atoms with Gasteiger partial charge in [-0.15, -0.1) is 0 Å². The molecule has 0 bridgehead atoms. The van der Waals surface area contributed by atoms with Crippen LogP contribution >= 0.6 is 23.4 Å². The van der Waals surface area contributed by atoms with Gasteiger partial charge in [-0.2, -0.15) is 5.26 Å². The molecule has 3 aromatic rings. The van der Waals surface area contributed by atoms with Crippen LogP contribution in [-0.4, -0.2) is 16.8 Å². The summed E-state index contributed by atoms with van der Waals surface area (Å²) in [5.41, 5.74) is 2.15. The van der Waals surface area contributed by atoms with Crippen molar-refractivity contribution in [2.75, 3.05) is 6.79 Å². The van der Waals surface area contributed by atoms with Gasteiger partial charge in [0.25, 0.3) is 5.56 Å². The van der Waals surface area contributed by atoms with Gasteiger partial charge in [0.05, 0.1) is 12.3 Å². The van der Waals surface area contributed by atoms with Crippen molar-refractivity contribution in [1.82, 2.24) is 9.97 Å². The lowest BCUT2D eigenvalue weighted by atomic mass is 10.0. The third-order valence-corrected chi connectivity index (χ3v) is 5.55. The van der Waals surface area contributed by atoms with E-state index in [0.29, 0.717) is 39.5 Å². The normalized spacial score (nSPS) is 12.7. The molecule has 1 N–H and O–H groups in total. The van der Waals surface area contributed by atoms with Gasteiger partial charge >= 0.3 is 0 Å². The first-order valence-electron chi connectivity index (χ1n) is 8.41. The number of nitrogens with zero attached hydrogens (tertiary/aromatic N) is 2. The molecule has 0 aliphatic carbocycles. The van der Waals surface area contributed by atoms with Crippen LogP contribution in [0.2, 0.25) is 5.02 Å². The summed E-state index contributed by atoms with van der Waals surface area (Å²) in [6.45, 7) is 0.496. The van der Waals surface area contributed by atoms with Crippen molar-refractivity contribution < 1.29 is 9.47 Å². The van der Waals surface area contributed by atoms with Crippen molar-refractivity contribution in [1.29, 1.82) is 5.26 Å². The molecule has 6 nitrogen and oxygen atoms in total. The maximum absolute atomic E-state index is 12.5. The number of nitriles is 1. The van der Waals surface area contributed by atoms with Gasteiger partial charge in [-0.05, 0) is 17.7 Å². The van der Waals surface area contributed by atoms with Crippen LogP contribution in [0.4, 0.5) is 0 Å². The van der Waals surface area contributed by atoms with E-state index in [1.807, 2.05) is 42.5 Å². The molecule has 0 saturated heterocycles. The van der Waals surface area contributed by atoms with Crippen LogP contribution in [0.25, 0.3) is 11.3 Å². The maximum atomic E-state index is 12.5. The first-order chi connectivity index (χ1) is 13.7. The summed E-state index contributed by atoms with van der Waals surface area (Å²) in [4.78, 5) is 19.7. The number of aromatic nitrogens is 2. The fraction of sp³-hybridized carbons (Fsp3) is 0.150. The number of aromatic amines is 1. The highest BCUT2D eigenvalue weighted by Crippen LogP contribution is 2.34. The number of halogens is 1. The number of hydrogen-bond acceptors (Lipinski definition) is 6. The average Bonchev–Trinajstić information content (AvgIpc) is 2.72. The van der Waals surface area contributed by atoms with Crippen molar-refractivity contribution in [3.8, 4) is 23.1 Å². The van der Waals surface area contributed by atoms with Crippen LogP contribution in [0.15, 0.2) is 52.4 Å². The fourth-order valence-corrected chi connectivity index (χ4v) is 4.05. The molecule has 140 valence electrons. The standard InChI is InChI=1S/C20H14ClN3O3S/c21-16-6-2-1-4-12(16)10-28-20-23-18(14(8-22)19(25)24-20)13-5-3-7-17-15(13)9-26-11-27-17/h1-7H,9-11H2,(H,23,24,25). The zero-order valence-corrected chi connectivity index (χ0v) is 16.1. The van der Waals surface area contributed by atoms with Crippen LogP contribution in [-0.2, 0) is 17.1 Å². The Balaban J connectivity index is 1.75. The number of rotatable bonds is 4. The van der Waals surface area contributed by atoms with Gasteiger partial charge in [-0.25, -0.2) is 4.98 Å². The number of ether oxygens (including phenoxy) is 2. The maximum Gasteiger partial charge on any atom is 0.270 e. The number of hydrogen-bond donors (Lipinski definition) is 1. The summed E-state index contributed by atoms with van der Waals surface area (Å²) >= 11 is 7.54. The van der Waals surface area contributed by atoms with Crippen LogP contribution in [0.5, 0.6) is 5.75 Å². The highest BCUT2D eigenvalue weighted by atomic mass is 35.5. The Morgan fingerprint density at radius 2 is 2.11 bits per heavy atom. The summed E-state index contributed by atoms with van der Waals surface area (Å²) in [6, 6.07) is 14.9. The molecule has 1 aliphatic rings. The van der Waals surface area contributed by atoms with Crippen molar-refractivity contribution in [3.05, 3.63) is 74.5 Å². The van der Waals surface area contributed by atoms with E-state index < -0.39 is 5.56 Å². The van der Waals surface area contributed by atoms with Gasteiger partial charge in [0.1, 0.15) is 17.4 Å². The third-order valence-electron chi connectivity index (χ3n) is 4.26. The van der Waals surface area contributed by atoms with E-state index in [9.17, 15) is 10.1 Å². The molecule has 0 unspecified atom stereocenters. The quantitative estimate of drug-likeness (QED) is 0.513. The molecule has 2 heterocycles. The van der Waals surface area contributed by atoms with Gasteiger partial charge in [-0.3, -0.25) is 4.79 Å². The molecule has 1 aliphatic heterocycles.